The number of ether oxygens (including phenoxy) is 3. The molecule has 1 N–H and O–H groups in total. The first-order chi connectivity index (χ1) is 15.0. The summed E-state index contributed by atoms with van der Waals surface area (Å²) in [5.41, 5.74) is 3.95. The second kappa shape index (κ2) is 8.10. The van der Waals surface area contributed by atoms with Crippen molar-refractivity contribution in [3.8, 4) is 5.75 Å². The van der Waals surface area contributed by atoms with Crippen LogP contribution in [0, 0.1) is 0 Å². The summed E-state index contributed by atoms with van der Waals surface area (Å²) in [6.07, 6.45) is 0. The summed E-state index contributed by atoms with van der Waals surface area (Å²) in [7, 11) is 2.58. The Morgan fingerprint density at radius 3 is 2.35 bits per heavy atom. The Kier molecular flexibility index (Phi) is 5.33. The molecule has 0 aromatic heterocycles. The topological polar surface area (TPSA) is 90.9 Å². The van der Waals surface area contributed by atoms with Crippen LogP contribution in [0.2, 0.25) is 0 Å². The zero-order chi connectivity index (χ0) is 22.1. The highest BCUT2D eigenvalue weighted by atomic mass is 16.6. The molecule has 0 fully saturated rings. The molecule has 7 nitrogen and oxygen atoms in total. The van der Waals surface area contributed by atoms with Gasteiger partial charge in [0.05, 0.1) is 31.4 Å². The van der Waals surface area contributed by atoms with Gasteiger partial charge in [-0.05, 0) is 13.0 Å². The van der Waals surface area contributed by atoms with Crippen LogP contribution in [-0.4, -0.2) is 38.5 Å². The average molecular weight is 419 g/mol. The van der Waals surface area contributed by atoms with Gasteiger partial charge >= 0.3 is 11.9 Å². The standard InChI is InChI=1S/C24H21NO6/c1-13-19(24(28)30-3)20(16-10-6-7-11-17(16)31-12-18(26)29-2)21-22(25-13)14-8-4-5-9-15(14)23(21)27/h4-11,20,25H,12H2,1-3H3. The second-order valence-corrected chi connectivity index (χ2v) is 7.15. The first-order valence-electron chi connectivity index (χ1n) is 9.70. The number of Topliss-reactive ketones (excluding diaryl/α,β-unsaturated/α-hetero) is 1. The minimum Gasteiger partial charge on any atom is -0.482 e. The zero-order valence-electron chi connectivity index (χ0n) is 17.4. The maximum atomic E-state index is 13.4. The van der Waals surface area contributed by atoms with Gasteiger partial charge in [0, 0.05) is 28.0 Å². The van der Waals surface area contributed by atoms with E-state index in [-0.39, 0.29) is 12.4 Å². The number of rotatable bonds is 5. The molecular weight excluding hydrogens is 398 g/mol. The summed E-state index contributed by atoms with van der Waals surface area (Å²) in [5, 5.41) is 3.23. The van der Waals surface area contributed by atoms with Gasteiger partial charge in [0.15, 0.2) is 12.4 Å². The maximum Gasteiger partial charge on any atom is 0.343 e. The van der Waals surface area contributed by atoms with Gasteiger partial charge in [-0.1, -0.05) is 42.5 Å². The highest BCUT2D eigenvalue weighted by Crippen LogP contribution is 2.48. The van der Waals surface area contributed by atoms with E-state index in [1.807, 2.05) is 12.1 Å². The van der Waals surface area contributed by atoms with E-state index in [9.17, 15) is 14.4 Å². The molecule has 0 amide bonds. The highest BCUT2D eigenvalue weighted by Gasteiger charge is 2.43. The molecule has 1 atom stereocenters. The van der Waals surface area contributed by atoms with Crippen LogP contribution in [0.25, 0.3) is 5.70 Å². The molecule has 1 aliphatic heterocycles. The Labute approximate surface area is 179 Å². The van der Waals surface area contributed by atoms with Crippen LogP contribution in [0.3, 0.4) is 0 Å². The smallest absolute Gasteiger partial charge is 0.343 e. The number of hydrogen-bond donors (Lipinski definition) is 1. The van der Waals surface area contributed by atoms with Crippen molar-refractivity contribution in [3.63, 3.8) is 0 Å². The number of carbonyl (C=O) groups excluding carboxylic acids is 3. The lowest BCUT2D eigenvalue weighted by Gasteiger charge is -2.30. The maximum absolute atomic E-state index is 13.4. The third kappa shape index (κ3) is 3.38. The molecule has 2 aliphatic rings. The first kappa shape index (κ1) is 20.4. The van der Waals surface area contributed by atoms with Gasteiger partial charge in [-0.2, -0.15) is 0 Å². The third-order valence-corrected chi connectivity index (χ3v) is 5.46. The van der Waals surface area contributed by atoms with Gasteiger partial charge < -0.3 is 19.5 Å². The Bertz CT molecular complexity index is 1160. The van der Waals surface area contributed by atoms with Crippen molar-refractivity contribution in [2.45, 2.75) is 12.8 Å². The van der Waals surface area contributed by atoms with E-state index in [1.54, 1.807) is 43.3 Å². The van der Waals surface area contributed by atoms with E-state index in [0.717, 1.165) is 5.56 Å². The average Bonchev–Trinajstić information content (AvgIpc) is 3.08. The molecule has 1 aliphatic carbocycles. The SMILES string of the molecule is COC(=O)COc1ccccc1C1C(C(=O)OC)=C(C)NC2=C1C(=O)c1ccccc12. The quantitative estimate of drug-likeness (QED) is 0.745. The third-order valence-electron chi connectivity index (χ3n) is 5.46. The van der Waals surface area contributed by atoms with Gasteiger partial charge in [0.25, 0.3) is 0 Å². The number of dihydropyridines is 1. The Morgan fingerprint density at radius 1 is 0.968 bits per heavy atom. The number of methoxy groups -OCH3 is 2. The van der Waals surface area contributed by atoms with Gasteiger partial charge in [-0.3, -0.25) is 4.79 Å². The number of allylic oxidation sites excluding steroid dienone is 2. The molecule has 2 aromatic rings. The van der Waals surface area contributed by atoms with Crippen molar-refractivity contribution >= 4 is 23.4 Å². The largest absolute Gasteiger partial charge is 0.482 e. The molecule has 1 unspecified atom stereocenters. The van der Waals surface area contributed by atoms with Crippen molar-refractivity contribution in [3.05, 3.63) is 82.1 Å². The van der Waals surface area contributed by atoms with E-state index in [2.05, 4.69) is 10.1 Å². The van der Waals surface area contributed by atoms with E-state index in [4.69, 9.17) is 9.47 Å². The number of nitrogens with one attached hydrogen (secondary N) is 1. The molecular formula is C24H21NO6. The van der Waals surface area contributed by atoms with Crippen LogP contribution >= 0.6 is 0 Å². The fourth-order valence-electron chi connectivity index (χ4n) is 4.07. The molecule has 7 heteroatoms. The monoisotopic (exact) mass is 419 g/mol. The van der Waals surface area contributed by atoms with Gasteiger partial charge in [-0.15, -0.1) is 0 Å². The van der Waals surface area contributed by atoms with Crippen molar-refractivity contribution in [1.29, 1.82) is 0 Å². The van der Waals surface area contributed by atoms with E-state index >= 15 is 0 Å². The van der Waals surface area contributed by atoms with E-state index in [0.29, 0.717) is 39.4 Å². The van der Waals surface area contributed by atoms with Crippen LogP contribution in [0.4, 0.5) is 0 Å². The number of para-hydroxylation sites is 1. The lowest BCUT2D eigenvalue weighted by Crippen LogP contribution is -2.29. The van der Waals surface area contributed by atoms with Gasteiger partial charge in [-0.25, -0.2) is 9.59 Å². The van der Waals surface area contributed by atoms with Gasteiger partial charge in [0.1, 0.15) is 5.75 Å². The minimum atomic E-state index is -0.725. The Balaban J connectivity index is 1.89. The fourth-order valence-corrected chi connectivity index (χ4v) is 4.07. The van der Waals surface area contributed by atoms with Gasteiger partial charge in [0.2, 0.25) is 0 Å². The molecule has 0 radical (unpaired) electrons. The summed E-state index contributed by atoms with van der Waals surface area (Å²) in [5.74, 6) is -1.60. The van der Waals surface area contributed by atoms with Crippen LogP contribution in [0.1, 0.15) is 34.3 Å². The van der Waals surface area contributed by atoms with Crippen molar-refractivity contribution in [1.82, 2.24) is 5.32 Å². The predicted molar refractivity (Wildman–Crippen MR) is 112 cm³/mol. The minimum absolute atomic E-state index is 0.167. The molecule has 0 bridgehead atoms. The fraction of sp³-hybridized carbons (Fsp3) is 0.208. The normalized spacial score (nSPS) is 17.0. The number of esters is 2. The lowest BCUT2D eigenvalue weighted by molar-refractivity contribution is -0.143. The zero-order valence-corrected chi connectivity index (χ0v) is 17.4. The van der Waals surface area contributed by atoms with Crippen molar-refractivity contribution < 1.29 is 28.6 Å². The Hall–Kier alpha value is -3.87. The predicted octanol–water partition coefficient (Wildman–Crippen LogP) is 2.98. The van der Waals surface area contributed by atoms with Crippen molar-refractivity contribution in [2.24, 2.45) is 0 Å². The lowest BCUT2D eigenvalue weighted by atomic mass is 9.79. The first-order valence-corrected chi connectivity index (χ1v) is 9.70. The number of benzene rings is 2. The number of hydrogen-bond acceptors (Lipinski definition) is 7. The molecule has 0 spiro atoms. The molecule has 4 rings (SSSR count). The molecule has 0 saturated carbocycles. The molecule has 2 aromatic carbocycles. The molecule has 31 heavy (non-hydrogen) atoms. The summed E-state index contributed by atoms with van der Waals surface area (Å²) in [4.78, 5) is 37.8. The summed E-state index contributed by atoms with van der Waals surface area (Å²) < 4.78 is 15.4. The highest BCUT2D eigenvalue weighted by molar-refractivity contribution is 6.23. The summed E-state index contributed by atoms with van der Waals surface area (Å²) in [6.45, 7) is 1.47. The van der Waals surface area contributed by atoms with E-state index < -0.39 is 17.9 Å². The number of fused-ring (bicyclic) bond motifs is 2. The Morgan fingerprint density at radius 2 is 1.65 bits per heavy atom. The molecule has 158 valence electrons. The molecule has 0 saturated heterocycles. The second-order valence-electron chi connectivity index (χ2n) is 7.15. The van der Waals surface area contributed by atoms with E-state index in [1.165, 1.54) is 14.2 Å². The summed E-state index contributed by atoms with van der Waals surface area (Å²) in [6, 6.07) is 14.3. The molecule has 1 heterocycles. The van der Waals surface area contributed by atoms with Crippen LogP contribution in [0.15, 0.2) is 65.4 Å². The summed E-state index contributed by atoms with van der Waals surface area (Å²) >= 11 is 0. The van der Waals surface area contributed by atoms with Crippen LogP contribution < -0.4 is 10.1 Å². The van der Waals surface area contributed by atoms with Crippen LogP contribution in [0.5, 0.6) is 5.75 Å². The van der Waals surface area contributed by atoms with Crippen LogP contribution in [-0.2, 0) is 19.1 Å². The van der Waals surface area contributed by atoms with Crippen molar-refractivity contribution in [2.75, 3.05) is 20.8 Å². The number of carbonyl (C=O) groups is 3. The number of ketones is 1.